The first kappa shape index (κ1) is 11.9. The van der Waals surface area contributed by atoms with Crippen LogP contribution in [-0.4, -0.2) is 38.9 Å². The van der Waals surface area contributed by atoms with Gasteiger partial charge in [-0.05, 0) is 0 Å². The van der Waals surface area contributed by atoms with E-state index < -0.39 is 0 Å². The highest BCUT2D eigenvalue weighted by atomic mass is 31.1. The van der Waals surface area contributed by atoms with E-state index in [0.29, 0.717) is 42.9 Å². The van der Waals surface area contributed by atoms with Crippen molar-refractivity contribution >= 4 is 25.4 Å². The van der Waals surface area contributed by atoms with E-state index >= 15 is 0 Å². The summed E-state index contributed by atoms with van der Waals surface area (Å²) in [6.07, 6.45) is 3.58. The van der Waals surface area contributed by atoms with Crippen LogP contribution in [0.25, 0.3) is 11.2 Å². The first-order valence-electron chi connectivity index (χ1n) is 5.11. The number of ether oxygens (including phenoxy) is 1. The molecule has 0 radical (unpaired) electrons. The highest BCUT2D eigenvalue weighted by molar-refractivity contribution is 7.23. The predicted octanol–water partition coefficient (Wildman–Crippen LogP) is 0.717. The first-order valence-corrected chi connectivity index (χ1v) is 6.11. The average molecular weight is 253 g/mol. The van der Waals surface area contributed by atoms with Gasteiger partial charge in [0.15, 0.2) is 19.9 Å². The topological polar surface area (TPSA) is 95.9 Å². The Labute approximate surface area is 99.2 Å². The molecule has 0 saturated carbocycles. The normalized spacial score (nSPS) is 11.3. The van der Waals surface area contributed by atoms with Gasteiger partial charge in [0.05, 0.1) is 25.7 Å². The lowest BCUT2D eigenvalue weighted by molar-refractivity contribution is 0.141. The van der Waals surface area contributed by atoms with Gasteiger partial charge in [0.25, 0.3) is 0 Å². The first-order chi connectivity index (χ1) is 8.33. The SMILES string of the molecule is Nc1ncnc2c1ncn2CCOCCP=O. The fourth-order valence-electron chi connectivity index (χ4n) is 1.43. The zero-order valence-corrected chi connectivity index (χ0v) is 10.0. The molecule has 0 unspecified atom stereocenters. The molecular formula is C9H12N5O2P. The molecule has 2 aromatic rings. The maximum atomic E-state index is 10.2. The van der Waals surface area contributed by atoms with E-state index in [4.69, 9.17) is 10.5 Å². The van der Waals surface area contributed by atoms with Crippen molar-refractivity contribution in [3.8, 4) is 0 Å². The molecule has 8 heteroatoms. The summed E-state index contributed by atoms with van der Waals surface area (Å²) in [7, 11) is 0.108. The number of anilines is 1. The van der Waals surface area contributed by atoms with Gasteiger partial charge in [-0.3, -0.25) is 4.57 Å². The summed E-state index contributed by atoms with van der Waals surface area (Å²) < 4.78 is 17.3. The van der Waals surface area contributed by atoms with Crippen LogP contribution in [0, 0.1) is 0 Å². The quantitative estimate of drug-likeness (QED) is 0.601. The van der Waals surface area contributed by atoms with Crippen LogP contribution in [0.2, 0.25) is 0 Å². The minimum atomic E-state index is 0.108. The van der Waals surface area contributed by atoms with Crippen LogP contribution in [0.4, 0.5) is 5.82 Å². The van der Waals surface area contributed by atoms with E-state index in [-0.39, 0.29) is 8.46 Å². The second-order valence-electron chi connectivity index (χ2n) is 3.33. The maximum Gasteiger partial charge on any atom is 0.165 e. The molecule has 0 bridgehead atoms. The molecule has 2 aromatic heterocycles. The van der Waals surface area contributed by atoms with Crippen molar-refractivity contribution in [1.29, 1.82) is 0 Å². The lowest BCUT2D eigenvalue weighted by Crippen LogP contribution is -2.07. The minimum absolute atomic E-state index is 0.108. The highest BCUT2D eigenvalue weighted by Crippen LogP contribution is 2.13. The van der Waals surface area contributed by atoms with Gasteiger partial charge in [0.1, 0.15) is 11.8 Å². The monoisotopic (exact) mass is 253 g/mol. The number of hydrogen-bond acceptors (Lipinski definition) is 6. The van der Waals surface area contributed by atoms with Crippen molar-refractivity contribution in [2.75, 3.05) is 25.1 Å². The molecule has 0 atom stereocenters. The fraction of sp³-hybridized carbons (Fsp3) is 0.444. The molecule has 0 aliphatic carbocycles. The fourth-order valence-corrected chi connectivity index (χ4v) is 1.63. The molecule has 17 heavy (non-hydrogen) atoms. The van der Waals surface area contributed by atoms with Gasteiger partial charge >= 0.3 is 0 Å². The van der Waals surface area contributed by atoms with Gasteiger partial charge in [-0.2, -0.15) is 0 Å². The zero-order valence-electron chi connectivity index (χ0n) is 9.11. The minimum Gasteiger partial charge on any atom is -0.382 e. The van der Waals surface area contributed by atoms with Gasteiger partial charge in [-0.15, -0.1) is 0 Å². The number of rotatable bonds is 6. The van der Waals surface area contributed by atoms with Crippen LogP contribution in [0.1, 0.15) is 0 Å². The largest absolute Gasteiger partial charge is 0.382 e. The number of aromatic nitrogens is 4. The van der Waals surface area contributed by atoms with Crippen molar-refractivity contribution in [2.24, 2.45) is 0 Å². The third-order valence-corrected chi connectivity index (χ3v) is 2.60. The van der Waals surface area contributed by atoms with Gasteiger partial charge < -0.3 is 15.0 Å². The lowest BCUT2D eigenvalue weighted by Gasteiger charge is -2.03. The number of nitrogens with zero attached hydrogens (tertiary/aromatic N) is 4. The molecule has 0 aliphatic rings. The molecule has 0 spiro atoms. The second kappa shape index (κ2) is 5.65. The summed E-state index contributed by atoms with van der Waals surface area (Å²) in [5.41, 5.74) is 6.97. The van der Waals surface area contributed by atoms with E-state index in [1.54, 1.807) is 6.33 Å². The Balaban J connectivity index is 1.99. The van der Waals surface area contributed by atoms with Crippen LogP contribution >= 0.6 is 8.46 Å². The van der Waals surface area contributed by atoms with Crippen LogP contribution in [0.3, 0.4) is 0 Å². The van der Waals surface area contributed by atoms with Gasteiger partial charge in [-0.25, -0.2) is 15.0 Å². The molecule has 2 heterocycles. The third kappa shape index (κ3) is 2.75. The van der Waals surface area contributed by atoms with Crippen molar-refractivity contribution in [1.82, 2.24) is 19.5 Å². The molecular weight excluding hydrogens is 241 g/mol. The maximum absolute atomic E-state index is 10.2. The third-order valence-electron chi connectivity index (χ3n) is 2.23. The van der Waals surface area contributed by atoms with E-state index in [9.17, 15) is 4.57 Å². The van der Waals surface area contributed by atoms with Gasteiger partial charge in [-0.1, -0.05) is 0 Å². The number of nitrogens with two attached hydrogens (primary N) is 1. The van der Waals surface area contributed by atoms with Crippen LogP contribution in [0.15, 0.2) is 12.7 Å². The molecule has 0 amide bonds. The summed E-state index contributed by atoms with van der Waals surface area (Å²) in [6.45, 7) is 1.63. The number of nitrogen functional groups attached to an aromatic ring is 1. The molecule has 0 fully saturated rings. The van der Waals surface area contributed by atoms with Crippen molar-refractivity contribution in [3.05, 3.63) is 12.7 Å². The van der Waals surface area contributed by atoms with Gasteiger partial charge in [0.2, 0.25) is 0 Å². The Morgan fingerprint density at radius 2 is 2.24 bits per heavy atom. The van der Waals surface area contributed by atoms with Crippen LogP contribution in [0.5, 0.6) is 0 Å². The van der Waals surface area contributed by atoms with Crippen LogP contribution < -0.4 is 5.73 Å². The summed E-state index contributed by atoms with van der Waals surface area (Å²) >= 11 is 0. The predicted molar refractivity (Wildman–Crippen MR) is 63.0 cm³/mol. The van der Waals surface area contributed by atoms with Crippen molar-refractivity contribution in [2.45, 2.75) is 6.54 Å². The Morgan fingerprint density at radius 1 is 1.35 bits per heavy atom. The molecule has 2 rings (SSSR count). The number of imidazole rings is 1. The molecule has 0 aliphatic heterocycles. The lowest BCUT2D eigenvalue weighted by atomic mass is 10.5. The highest BCUT2D eigenvalue weighted by Gasteiger charge is 2.06. The molecule has 0 aromatic carbocycles. The van der Waals surface area contributed by atoms with E-state index in [2.05, 4.69) is 15.0 Å². The molecule has 2 N–H and O–H groups in total. The van der Waals surface area contributed by atoms with Gasteiger partial charge in [0, 0.05) is 6.54 Å². The van der Waals surface area contributed by atoms with Crippen molar-refractivity contribution < 1.29 is 9.30 Å². The summed E-state index contributed by atoms with van der Waals surface area (Å²) in [5.74, 6) is 0.375. The number of fused-ring (bicyclic) bond motifs is 1. The Hall–Kier alpha value is -1.59. The second-order valence-corrected chi connectivity index (χ2v) is 4.04. The Morgan fingerprint density at radius 3 is 3.06 bits per heavy atom. The average Bonchev–Trinajstić information content (AvgIpc) is 2.74. The zero-order chi connectivity index (χ0) is 12.1. The summed E-state index contributed by atoms with van der Waals surface area (Å²) in [6, 6.07) is 0. The molecule has 7 nitrogen and oxygen atoms in total. The van der Waals surface area contributed by atoms with E-state index in [1.807, 2.05) is 4.57 Å². The summed E-state index contributed by atoms with van der Waals surface area (Å²) in [5, 5.41) is 0. The van der Waals surface area contributed by atoms with E-state index in [1.165, 1.54) is 6.33 Å². The summed E-state index contributed by atoms with van der Waals surface area (Å²) in [4.78, 5) is 12.1. The van der Waals surface area contributed by atoms with Crippen molar-refractivity contribution in [3.63, 3.8) is 0 Å². The smallest absolute Gasteiger partial charge is 0.165 e. The molecule has 90 valence electrons. The Bertz CT molecular complexity index is 515. The standard InChI is InChI=1S/C9H12N5O2P/c10-8-7-9(12-5-11-8)14(6-13-7)1-2-16-3-4-17-15/h5-6H,1-4H2,(H2,10,11,12). The Kier molecular flexibility index (Phi) is 3.95. The molecule has 0 saturated heterocycles. The number of hydrogen-bond donors (Lipinski definition) is 1. The van der Waals surface area contributed by atoms with Crippen LogP contribution in [-0.2, 0) is 15.8 Å². The van der Waals surface area contributed by atoms with E-state index in [0.717, 1.165) is 0 Å².